The van der Waals surface area contributed by atoms with E-state index in [2.05, 4.69) is 17.6 Å². The molecule has 100 valence electrons. The minimum absolute atomic E-state index is 0.0804. The molecule has 0 aliphatic rings. The summed E-state index contributed by atoms with van der Waals surface area (Å²) in [6.07, 6.45) is 3.66. The molecule has 1 aromatic carbocycles. The number of rotatable bonds is 8. The van der Waals surface area contributed by atoms with Crippen molar-refractivity contribution in [1.82, 2.24) is 0 Å². The van der Waals surface area contributed by atoms with Gasteiger partial charge in [0.2, 0.25) is 5.91 Å². The van der Waals surface area contributed by atoms with E-state index in [1.165, 1.54) is 26.4 Å². The highest BCUT2D eigenvalue weighted by atomic mass is 16.5. The molecule has 0 bridgehead atoms. The maximum absolute atomic E-state index is 11.3. The molecule has 1 aromatic rings. The van der Waals surface area contributed by atoms with Crippen LogP contribution in [0.3, 0.4) is 0 Å². The average molecular weight is 250 g/mol. The second-order valence-electron chi connectivity index (χ2n) is 4.19. The van der Waals surface area contributed by atoms with E-state index in [0.717, 1.165) is 17.9 Å². The van der Waals surface area contributed by atoms with E-state index in [1.807, 2.05) is 24.3 Å². The number of anilines is 2. The van der Waals surface area contributed by atoms with Gasteiger partial charge in [-0.1, -0.05) is 19.8 Å². The van der Waals surface area contributed by atoms with E-state index in [0.29, 0.717) is 0 Å². The fourth-order valence-corrected chi connectivity index (χ4v) is 1.61. The molecule has 4 nitrogen and oxygen atoms in total. The van der Waals surface area contributed by atoms with Crippen molar-refractivity contribution in [3.05, 3.63) is 24.3 Å². The Labute approximate surface area is 109 Å². The fourth-order valence-electron chi connectivity index (χ4n) is 1.61. The summed E-state index contributed by atoms with van der Waals surface area (Å²) in [6.45, 7) is 3.26. The smallest absolute Gasteiger partial charge is 0.250 e. The zero-order chi connectivity index (χ0) is 13.2. The number of carbonyl (C=O) groups excluding carboxylic acids is 1. The van der Waals surface area contributed by atoms with E-state index >= 15 is 0 Å². The molecular formula is C14H22N2O2. The average Bonchev–Trinajstić information content (AvgIpc) is 2.37. The second kappa shape index (κ2) is 8.53. The Bertz CT molecular complexity index is 349. The van der Waals surface area contributed by atoms with Gasteiger partial charge in [-0.05, 0) is 30.7 Å². The van der Waals surface area contributed by atoms with Crippen molar-refractivity contribution in [2.75, 3.05) is 30.9 Å². The van der Waals surface area contributed by atoms with Gasteiger partial charge < -0.3 is 15.4 Å². The van der Waals surface area contributed by atoms with Crippen molar-refractivity contribution in [2.24, 2.45) is 0 Å². The Balaban J connectivity index is 2.35. The summed E-state index contributed by atoms with van der Waals surface area (Å²) in [5, 5.41) is 6.10. The number of hydrogen-bond acceptors (Lipinski definition) is 3. The first-order valence-electron chi connectivity index (χ1n) is 6.39. The summed E-state index contributed by atoms with van der Waals surface area (Å²) in [7, 11) is 1.50. The first-order chi connectivity index (χ1) is 8.76. The predicted molar refractivity (Wildman–Crippen MR) is 75.0 cm³/mol. The highest BCUT2D eigenvalue weighted by Crippen LogP contribution is 2.13. The lowest BCUT2D eigenvalue weighted by Gasteiger charge is -2.08. The van der Waals surface area contributed by atoms with Crippen LogP contribution in [-0.4, -0.2) is 26.2 Å². The summed E-state index contributed by atoms with van der Waals surface area (Å²) in [5.41, 5.74) is 1.87. The van der Waals surface area contributed by atoms with E-state index in [4.69, 9.17) is 4.74 Å². The number of amides is 1. The normalized spacial score (nSPS) is 10.1. The number of hydrogen-bond donors (Lipinski definition) is 2. The SMILES string of the molecule is CCCCCNc1ccc(NC(=O)COC)cc1. The molecule has 4 heteroatoms. The largest absolute Gasteiger partial charge is 0.385 e. The van der Waals surface area contributed by atoms with Crippen LogP contribution in [0.2, 0.25) is 0 Å². The first-order valence-corrected chi connectivity index (χ1v) is 6.39. The molecule has 0 unspecified atom stereocenters. The maximum atomic E-state index is 11.3. The molecule has 0 heterocycles. The van der Waals surface area contributed by atoms with Crippen LogP contribution < -0.4 is 10.6 Å². The molecule has 0 fully saturated rings. The molecule has 18 heavy (non-hydrogen) atoms. The number of carbonyl (C=O) groups is 1. The lowest BCUT2D eigenvalue weighted by molar-refractivity contribution is -0.119. The minimum Gasteiger partial charge on any atom is -0.385 e. The van der Waals surface area contributed by atoms with E-state index in [1.54, 1.807) is 0 Å². The van der Waals surface area contributed by atoms with Crippen molar-refractivity contribution in [3.8, 4) is 0 Å². The summed E-state index contributed by atoms with van der Waals surface area (Å²) in [4.78, 5) is 11.3. The highest BCUT2D eigenvalue weighted by Gasteiger charge is 2.00. The lowest BCUT2D eigenvalue weighted by Crippen LogP contribution is -2.16. The molecule has 1 amide bonds. The zero-order valence-electron chi connectivity index (χ0n) is 11.2. The molecule has 1 rings (SSSR count). The van der Waals surface area contributed by atoms with Crippen LogP contribution in [-0.2, 0) is 9.53 Å². The Morgan fingerprint density at radius 1 is 1.17 bits per heavy atom. The van der Waals surface area contributed by atoms with E-state index in [-0.39, 0.29) is 12.5 Å². The summed E-state index contributed by atoms with van der Waals surface area (Å²) < 4.78 is 4.75. The van der Waals surface area contributed by atoms with Gasteiger partial charge >= 0.3 is 0 Å². The monoisotopic (exact) mass is 250 g/mol. The number of methoxy groups -OCH3 is 1. The minimum atomic E-state index is -0.138. The van der Waals surface area contributed by atoms with Crippen LogP contribution >= 0.6 is 0 Å². The highest BCUT2D eigenvalue weighted by molar-refractivity contribution is 5.91. The maximum Gasteiger partial charge on any atom is 0.250 e. The van der Waals surface area contributed by atoms with Gasteiger partial charge in [0.1, 0.15) is 6.61 Å². The number of ether oxygens (including phenoxy) is 1. The van der Waals surface area contributed by atoms with Crippen LogP contribution in [0.5, 0.6) is 0 Å². The van der Waals surface area contributed by atoms with Crippen LogP contribution in [0.15, 0.2) is 24.3 Å². The Morgan fingerprint density at radius 2 is 1.83 bits per heavy atom. The second-order valence-corrected chi connectivity index (χ2v) is 4.19. The van der Waals surface area contributed by atoms with E-state index in [9.17, 15) is 4.79 Å². The first kappa shape index (κ1) is 14.5. The lowest BCUT2D eigenvalue weighted by atomic mass is 10.2. The number of nitrogens with one attached hydrogen (secondary N) is 2. The van der Waals surface area contributed by atoms with Crippen LogP contribution in [0, 0.1) is 0 Å². The Hall–Kier alpha value is -1.55. The van der Waals surface area contributed by atoms with Gasteiger partial charge in [-0.15, -0.1) is 0 Å². The van der Waals surface area contributed by atoms with Gasteiger partial charge in [0, 0.05) is 25.0 Å². The molecule has 0 saturated carbocycles. The van der Waals surface area contributed by atoms with Gasteiger partial charge in [-0.25, -0.2) is 0 Å². The van der Waals surface area contributed by atoms with Crippen LogP contribution in [0.25, 0.3) is 0 Å². The standard InChI is InChI=1S/C14H22N2O2/c1-3-4-5-10-15-12-6-8-13(9-7-12)16-14(17)11-18-2/h6-9,15H,3-5,10-11H2,1-2H3,(H,16,17). The third kappa shape index (κ3) is 5.68. The molecule has 0 aliphatic heterocycles. The summed E-state index contributed by atoms with van der Waals surface area (Å²) in [5.74, 6) is -0.138. The van der Waals surface area contributed by atoms with Crippen molar-refractivity contribution >= 4 is 17.3 Å². The van der Waals surface area contributed by atoms with Crippen LogP contribution in [0.4, 0.5) is 11.4 Å². The van der Waals surface area contributed by atoms with Gasteiger partial charge in [-0.3, -0.25) is 4.79 Å². The molecular weight excluding hydrogens is 228 g/mol. The van der Waals surface area contributed by atoms with Crippen molar-refractivity contribution in [1.29, 1.82) is 0 Å². The van der Waals surface area contributed by atoms with Crippen LogP contribution in [0.1, 0.15) is 26.2 Å². The Kier molecular flexibility index (Phi) is 6.87. The molecule has 0 radical (unpaired) electrons. The third-order valence-corrected chi connectivity index (χ3v) is 2.55. The molecule has 2 N–H and O–H groups in total. The quantitative estimate of drug-likeness (QED) is 0.697. The van der Waals surface area contributed by atoms with Crippen molar-refractivity contribution < 1.29 is 9.53 Å². The zero-order valence-corrected chi connectivity index (χ0v) is 11.2. The van der Waals surface area contributed by atoms with Gasteiger partial charge in [0.05, 0.1) is 0 Å². The van der Waals surface area contributed by atoms with Gasteiger partial charge in [0.25, 0.3) is 0 Å². The molecule has 0 spiro atoms. The number of unbranched alkanes of at least 4 members (excludes halogenated alkanes) is 2. The Morgan fingerprint density at radius 3 is 2.44 bits per heavy atom. The van der Waals surface area contributed by atoms with E-state index < -0.39 is 0 Å². The molecule has 0 saturated heterocycles. The van der Waals surface area contributed by atoms with Crippen molar-refractivity contribution in [2.45, 2.75) is 26.2 Å². The number of benzene rings is 1. The third-order valence-electron chi connectivity index (χ3n) is 2.55. The molecule has 0 atom stereocenters. The van der Waals surface area contributed by atoms with Gasteiger partial charge in [0.15, 0.2) is 0 Å². The summed E-state index contributed by atoms with van der Waals surface area (Å²) in [6, 6.07) is 7.70. The van der Waals surface area contributed by atoms with Crippen molar-refractivity contribution in [3.63, 3.8) is 0 Å². The topological polar surface area (TPSA) is 50.4 Å². The summed E-state index contributed by atoms with van der Waals surface area (Å²) >= 11 is 0. The predicted octanol–water partition coefficient (Wildman–Crippen LogP) is 2.87. The fraction of sp³-hybridized carbons (Fsp3) is 0.500. The molecule has 0 aliphatic carbocycles. The van der Waals surface area contributed by atoms with Gasteiger partial charge in [-0.2, -0.15) is 0 Å². The molecule has 0 aromatic heterocycles.